The van der Waals surface area contributed by atoms with E-state index in [2.05, 4.69) is 15.3 Å². The molecule has 0 aromatic carbocycles. The molecule has 1 saturated carbocycles. The maximum Gasteiger partial charge on any atom is 0.268 e. The Balaban J connectivity index is 1.34. The van der Waals surface area contributed by atoms with Gasteiger partial charge >= 0.3 is 0 Å². The Hall–Kier alpha value is -1.85. The van der Waals surface area contributed by atoms with Crippen LogP contribution in [0.25, 0.3) is 0 Å². The highest BCUT2D eigenvalue weighted by Crippen LogP contribution is 2.27. The lowest BCUT2D eigenvalue weighted by Gasteiger charge is -2.21. The van der Waals surface area contributed by atoms with E-state index < -0.39 is 0 Å². The Bertz CT molecular complexity index is 651. The standard InChI is InChI=1S/C20H32N4O2/c1-23-20(26)12-18(14-22-23)24-11-10-17(15-24)13-21-19(25)9-5-8-16-6-3-2-4-7-16/h12,14,16-17H,2-11,13,15H2,1H3,(H,21,25)/t17-/m1/s1. The van der Waals surface area contributed by atoms with Crippen LogP contribution < -0.4 is 15.8 Å². The van der Waals surface area contributed by atoms with E-state index in [1.54, 1.807) is 19.3 Å². The lowest BCUT2D eigenvalue weighted by atomic mass is 9.86. The van der Waals surface area contributed by atoms with Gasteiger partial charge in [-0.1, -0.05) is 32.1 Å². The molecular weight excluding hydrogens is 328 g/mol. The van der Waals surface area contributed by atoms with Crippen molar-refractivity contribution in [3.63, 3.8) is 0 Å². The topological polar surface area (TPSA) is 67.2 Å². The number of nitrogens with one attached hydrogen (secondary N) is 1. The SMILES string of the molecule is Cn1ncc(N2CC[C@H](CNC(=O)CCCC3CCCCC3)C2)cc1=O. The Labute approximate surface area is 156 Å². The lowest BCUT2D eigenvalue weighted by Crippen LogP contribution is -2.31. The van der Waals surface area contributed by atoms with E-state index in [-0.39, 0.29) is 11.5 Å². The van der Waals surface area contributed by atoms with Crippen LogP contribution in [0.15, 0.2) is 17.1 Å². The molecule has 0 radical (unpaired) electrons. The molecule has 3 rings (SSSR count). The molecule has 1 atom stereocenters. The Morgan fingerprint density at radius 2 is 2.04 bits per heavy atom. The molecule has 1 aliphatic carbocycles. The van der Waals surface area contributed by atoms with Gasteiger partial charge in [0, 0.05) is 39.2 Å². The average Bonchev–Trinajstić information content (AvgIpc) is 3.12. The minimum atomic E-state index is -0.0859. The van der Waals surface area contributed by atoms with Crippen molar-refractivity contribution in [1.29, 1.82) is 0 Å². The van der Waals surface area contributed by atoms with Gasteiger partial charge in [0.2, 0.25) is 5.91 Å². The van der Waals surface area contributed by atoms with Gasteiger partial charge in [-0.05, 0) is 31.1 Å². The van der Waals surface area contributed by atoms with Gasteiger partial charge in [0.25, 0.3) is 5.56 Å². The molecular formula is C20H32N4O2. The van der Waals surface area contributed by atoms with Gasteiger partial charge in [0.1, 0.15) is 0 Å². The Kier molecular flexibility index (Phi) is 6.69. The molecule has 6 heteroatoms. The van der Waals surface area contributed by atoms with Crippen LogP contribution in [0.4, 0.5) is 5.69 Å². The summed E-state index contributed by atoms with van der Waals surface area (Å²) in [6.45, 7) is 2.52. The molecule has 1 aliphatic heterocycles. The fourth-order valence-electron chi connectivity index (χ4n) is 4.24. The summed E-state index contributed by atoms with van der Waals surface area (Å²) in [6.07, 6.45) is 12.5. The van der Waals surface area contributed by atoms with E-state index in [0.29, 0.717) is 12.3 Å². The van der Waals surface area contributed by atoms with E-state index in [1.165, 1.54) is 43.2 Å². The monoisotopic (exact) mass is 360 g/mol. The first-order valence-corrected chi connectivity index (χ1v) is 10.2. The molecule has 1 aromatic heterocycles. The molecule has 2 fully saturated rings. The Morgan fingerprint density at radius 3 is 2.81 bits per heavy atom. The highest BCUT2D eigenvalue weighted by atomic mass is 16.1. The third-order valence-corrected chi connectivity index (χ3v) is 5.93. The highest BCUT2D eigenvalue weighted by molar-refractivity contribution is 5.75. The predicted octanol–water partition coefficient (Wildman–Crippen LogP) is 2.47. The number of aryl methyl sites for hydroxylation is 1. The fraction of sp³-hybridized carbons (Fsp3) is 0.750. The van der Waals surface area contributed by atoms with Crippen LogP contribution in [-0.4, -0.2) is 35.3 Å². The normalized spacial score (nSPS) is 21.1. The highest BCUT2D eigenvalue weighted by Gasteiger charge is 2.23. The zero-order valence-corrected chi connectivity index (χ0v) is 16.0. The van der Waals surface area contributed by atoms with Crippen molar-refractivity contribution in [3.8, 4) is 0 Å². The maximum absolute atomic E-state index is 12.1. The number of carbonyl (C=O) groups excluding carboxylic acids is 1. The largest absolute Gasteiger partial charge is 0.370 e. The van der Waals surface area contributed by atoms with Crippen LogP contribution >= 0.6 is 0 Å². The molecule has 26 heavy (non-hydrogen) atoms. The van der Waals surface area contributed by atoms with Crippen LogP contribution in [0, 0.1) is 11.8 Å². The number of nitrogens with zero attached hydrogens (tertiary/aromatic N) is 3. The summed E-state index contributed by atoms with van der Waals surface area (Å²) in [5.74, 6) is 1.49. The molecule has 0 spiro atoms. The van der Waals surface area contributed by atoms with Gasteiger partial charge in [-0.3, -0.25) is 9.59 Å². The minimum Gasteiger partial charge on any atom is -0.370 e. The van der Waals surface area contributed by atoms with Crippen LogP contribution in [0.5, 0.6) is 0 Å². The molecule has 1 saturated heterocycles. The number of hydrogen-bond donors (Lipinski definition) is 1. The van der Waals surface area contributed by atoms with Crippen molar-refractivity contribution in [3.05, 3.63) is 22.6 Å². The van der Waals surface area contributed by atoms with Gasteiger partial charge in [-0.25, -0.2) is 4.68 Å². The van der Waals surface area contributed by atoms with E-state index >= 15 is 0 Å². The first-order chi connectivity index (χ1) is 12.6. The minimum absolute atomic E-state index is 0.0859. The van der Waals surface area contributed by atoms with Crippen LogP contribution in [0.1, 0.15) is 57.8 Å². The third-order valence-electron chi connectivity index (χ3n) is 5.93. The van der Waals surface area contributed by atoms with Gasteiger partial charge in [0.15, 0.2) is 0 Å². The molecule has 2 aliphatic rings. The van der Waals surface area contributed by atoms with Crippen molar-refractivity contribution >= 4 is 11.6 Å². The van der Waals surface area contributed by atoms with Crippen molar-refractivity contribution < 1.29 is 4.79 Å². The quantitative estimate of drug-likeness (QED) is 0.811. The third kappa shape index (κ3) is 5.32. The second-order valence-corrected chi connectivity index (χ2v) is 7.98. The van der Waals surface area contributed by atoms with Crippen molar-refractivity contribution in [2.24, 2.45) is 18.9 Å². The van der Waals surface area contributed by atoms with E-state index in [4.69, 9.17) is 0 Å². The van der Waals surface area contributed by atoms with E-state index in [0.717, 1.165) is 44.1 Å². The maximum atomic E-state index is 12.1. The summed E-state index contributed by atoms with van der Waals surface area (Å²) in [6, 6.07) is 1.64. The number of rotatable bonds is 7. The van der Waals surface area contributed by atoms with E-state index in [1.807, 2.05) is 0 Å². The van der Waals surface area contributed by atoms with Crippen LogP contribution in [0.3, 0.4) is 0 Å². The summed E-state index contributed by atoms with van der Waals surface area (Å²) >= 11 is 0. The van der Waals surface area contributed by atoms with Gasteiger partial charge in [-0.15, -0.1) is 0 Å². The smallest absolute Gasteiger partial charge is 0.268 e. The van der Waals surface area contributed by atoms with Gasteiger partial charge in [0.05, 0.1) is 11.9 Å². The van der Waals surface area contributed by atoms with Crippen molar-refractivity contribution in [2.45, 2.75) is 57.8 Å². The molecule has 1 aromatic rings. The summed E-state index contributed by atoms with van der Waals surface area (Å²) in [7, 11) is 1.66. The fourth-order valence-corrected chi connectivity index (χ4v) is 4.24. The average molecular weight is 361 g/mol. The van der Waals surface area contributed by atoms with Crippen LogP contribution in [-0.2, 0) is 11.8 Å². The zero-order valence-electron chi connectivity index (χ0n) is 16.0. The lowest BCUT2D eigenvalue weighted by molar-refractivity contribution is -0.121. The van der Waals surface area contributed by atoms with Crippen molar-refractivity contribution in [1.82, 2.24) is 15.1 Å². The van der Waals surface area contributed by atoms with Gasteiger partial charge < -0.3 is 10.2 Å². The Morgan fingerprint density at radius 1 is 1.23 bits per heavy atom. The summed E-state index contributed by atoms with van der Waals surface area (Å²) < 4.78 is 1.34. The second-order valence-electron chi connectivity index (χ2n) is 7.98. The van der Waals surface area contributed by atoms with Crippen LogP contribution in [0.2, 0.25) is 0 Å². The van der Waals surface area contributed by atoms with Crippen molar-refractivity contribution in [2.75, 3.05) is 24.5 Å². The summed E-state index contributed by atoms with van der Waals surface area (Å²) in [4.78, 5) is 26.0. The molecule has 6 nitrogen and oxygen atoms in total. The molecule has 1 N–H and O–H groups in total. The molecule has 0 unspecified atom stereocenters. The first kappa shape index (κ1) is 18.9. The van der Waals surface area contributed by atoms with E-state index in [9.17, 15) is 9.59 Å². The number of hydrogen-bond acceptors (Lipinski definition) is 4. The molecule has 144 valence electrons. The number of aromatic nitrogens is 2. The molecule has 2 heterocycles. The summed E-state index contributed by atoms with van der Waals surface area (Å²) in [5, 5.41) is 7.20. The number of amides is 1. The predicted molar refractivity (Wildman–Crippen MR) is 103 cm³/mol. The zero-order chi connectivity index (χ0) is 18.4. The number of carbonyl (C=O) groups is 1. The summed E-state index contributed by atoms with van der Waals surface area (Å²) in [5.41, 5.74) is 0.798. The second kappa shape index (κ2) is 9.19. The van der Waals surface area contributed by atoms with Gasteiger partial charge in [-0.2, -0.15) is 5.10 Å². The first-order valence-electron chi connectivity index (χ1n) is 10.2. The number of anilines is 1. The molecule has 1 amide bonds. The molecule has 0 bridgehead atoms.